The molecule has 2 aromatic rings. The number of carbonyl (C=O) groups is 2. The molecule has 2 aromatic carbocycles. The lowest BCUT2D eigenvalue weighted by Crippen LogP contribution is -2.42. The normalized spacial score (nSPS) is 13.6. The van der Waals surface area contributed by atoms with Crippen LogP contribution in [-0.2, 0) is 9.53 Å². The highest BCUT2D eigenvalue weighted by atomic mass is 16.7. The van der Waals surface area contributed by atoms with E-state index in [4.69, 9.17) is 10.5 Å². The van der Waals surface area contributed by atoms with Crippen LogP contribution in [0.15, 0.2) is 53.6 Å². The van der Waals surface area contributed by atoms with Crippen LogP contribution in [0.2, 0.25) is 0 Å². The maximum atomic E-state index is 12.3. The van der Waals surface area contributed by atoms with Crippen molar-refractivity contribution < 1.29 is 24.5 Å². The second-order valence-electron chi connectivity index (χ2n) is 7.15. The van der Waals surface area contributed by atoms with E-state index in [0.29, 0.717) is 0 Å². The maximum absolute atomic E-state index is 12.3. The SMILES string of the molecule is NC(=N[N+](=O)[O-])NCCC[C@H](NC(=O)OCC1c2ccccc2-c2ccccc21)C(=O)O. The highest BCUT2D eigenvalue weighted by Crippen LogP contribution is 2.44. The average molecular weight is 441 g/mol. The monoisotopic (exact) mass is 441 g/mol. The number of nitrogens with zero attached hydrogens (tertiary/aromatic N) is 2. The molecular formula is C21H23N5O6. The van der Waals surface area contributed by atoms with Crippen molar-refractivity contribution in [2.45, 2.75) is 24.8 Å². The minimum Gasteiger partial charge on any atom is -0.480 e. The second kappa shape index (κ2) is 10.2. The summed E-state index contributed by atoms with van der Waals surface area (Å²) in [6.45, 7) is 0.223. The van der Waals surface area contributed by atoms with Gasteiger partial charge < -0.3 is 26.2 Å². The van der Waals surface area contributed by atoms with Crippen molar-refractivity contribution in [3.8, 4) is 11.1 Å². The van der Waals surface area contributed by atoms with Crippen LogP contribution in [0.25, 0.3) is 11.1 Å². The molecule has 11 nitrogen and oxygen atoms in total. The number of ether oxygens (including phenoxy) is 1. The summed E-state index contributed by atoms with van der Waals surface area (Å²) >= 11 is 0. The Balaban J connectivity index is 1.53. The summed E-state index contributed by atoms with van der Waals surface area (Å²) in [5.74, 6) is -1.73. The molecule has 0 bridgehead atoms. The van der Waals surface area contributed by atoms with Gasteiger partial charge in [0, 0.05) is 12.5 Å². The maximum Gasteiger partial charge on any atom is 0.407 e. The van der Waals surface area contributed by atoms with Gasteiger partial charge in [-0.2, -0.15) is 0 Å². The lowest BCUT2D eigenvalue weighted by molar-refractivity contribution is -0.485. The summed E-state index contributed by atoms with van der Waals surface area (Å²) < 4.78 is 5.37. The van der Waals surface area contributed by atoms with Crippen molar-refractivity contribution in [1.29, 1.82) is 0 Å². The van der Waals surface area contributed by atoms with Crippen molar-refractivity contribution >= 4 is 18.0 Å². The Morgan fingerprint density at radius 2 is 1.75 bits per heavy atom. The molecule has 0 radical (unpaired) electrons. The van der Waals surface area contributed by atoms with Crippen LogP contribution in [0.3, 0.4) is 0 Å². The summed E-state index contributed by atoms with van der Waals surface area (Å²) in [6, 6.07) is 14.6. The number of carboxylic acids is 1. The number of nitrogens with two attached hydrogens (primary N) is 1. The van der Waals surface area contributed by atoms with E-state index in [-0.39, 0.29) is 37.9 Å². The zero-order chi connectivity index (χ0) is 23.1. The molecule has 0 fully saturated rings. The first-order valence-corrected chi connectivity index (χ1v) is 9.93. The smallest absolute Gasteiger partial charge is 0.407 e. The Morgan fingerprint density at radius 3 is 2.31 bits per heavy atom. The molecule has 1 amide bonds. The molecule has 0 saturated carbocycles. The number of hydrazone groups is 1. The van der Waals surface area contributed by atoms with E-state index in [1.165, 1.54) is 0 Å². The highest BCUT2D eigenvalue weighted by Gasteiger charge is 2.29. The number of alkyl carbamates (subject to hydrolysis) is 1. The first-order valence-electron chi connectivity index (χ1n) is 9.93. The predicted molar refractivity (Wildman–Crippen MR) is 115 cm³/mol. The number of fused-ring (bicyclic) bond motifs is 3. The van der Waals surface area contributed by atoms with Crippen LogP contribution < -0.4 is 16.4 Å². The Labute approximate surface area is 183 Å². The summed E-state index contributed by atoms with van der Waals surface area (Å²) in [5.41, 5.74) is 9.58. The number of carboxylic acid groups (broad SMARTS) is 1. The molecule has 0 unspecified atom stereocenters. The number of hydrogen-bond acceptors (Lipinski definition) is 5. The van der Waals surface area contributed by atoms with Crippen LogP contribution in [-0.4, -0.2) is 47.4 Å². The average Bonchev–Trinajstić information content (AvgIpc) is 3.07. The van der Waals surface area contributed by atoms with E-state index in [1.54, 1.807) is 0 Å². The van der Waals surface area contributed by atoms with Crippen molar-refractivity contribution in [3.63, 3.8) is 0 Å². The zero-order valence-corrected chi connectivity index (χ0v) is 17.1. The first-order chi connectivity index (χ1) is 15.4. The van der Waals surface area contributed by atoms with Crippen molar-refractivity contribution in [1.82, 2.24) is 10.6 Å². The minimum absolute atomic E-state index is 0.0677. The minimum atomic E-state index is -1.22. The predicted octanol–water partition coefficient (Wildman–Crippen LogP) is 1.85. The van der Waals surface area contributed by atoms with Gasteiger partial charge in [0.05, 0.1) is 0 Å². The number of hydrogen-bond donors (Lipinski definition) is 4. The number of guanidine groups is 1. The topological polar surface area (TPSA) is 169 Å². The van der Waals surface area contributed by atoms with Crippen molar-refractivity contribution in [2.75, 3.05) is 13.2 Å². The van der Waals surface area contributed by atoms with E-state index < -0.39 is 23.1 Å². The number of nitro groups is 1. The van der Waals surface area contributed by atoms with Crippen LogP contribution in [0, 0.1) is 10.1 Å². The Morgan fingerprint density at radius 1 is 1.16 bits per heavy atom. The third kappa shape index (κ3) is 5.50. The second-order valence-corrected chi connectivity index (χ2v) is 7.15. The molecule has 0 spiro atoms. The Kier molecular flexibility index (Phi) is 7.21. The van der Waals surface area contributed by atoms with Gasteiger partial charge in [0.2, 0.25) is 0 Å². The van der Waals surface area contributed by atoms with E-state index in [0.717, 1.165) is 22.3 Å². The summed E-state index contributed by atoms with van der Waals surface area (Å²) in [6.07, 6.45) is -0.492. The van der Waals surface area contributed by atoms with Crippen molar-refractivity contribution in [3.05, 3.63) is 69.8 Å². The van der Waals surface area contributed by atoms with E-state index in [9.17, 15) is 24.8 Å². The number of carbonyl (C=O) groups excluding carboxylic acids is 1. The molecule has 3 rings (SSSR count). The van der Waals surface area contributed by atoms with Gasteiger partial charge in [0.1, 0.15) is 17.8 Å². The zero-order valence-electron chi connectivity index (χ0n) is 17.1. The highest BCUT2D eigenvalue weighted by molar-refractivity contribution is 5.81. The number of benzene rings is 2. The molecule has 11 heteroatoms. The third-order valence-electron chi connectivity index (χ3n) is 5.10. The van der Waals surface area contributed by atoms with Crippen LogP contribution >= 0.6 is 0 Å². The molecule has 168 valence electrons. The lowest BCUT2D eigenvalue weighted by atomic mass is 9.98. The largest absolute Gasteiger partial charge is 0.480 e. The molecule has 0 saturated heterocycles. The van der Waals surface area contributed by atoms with Gasteiger partial charge in [0.15, 0.2) is 5.03 Å². The standard InChI is InChI=1S/C21H23N5O6/c22-20(25-26(30)31)23-11-5-10-18(19(27)28)24-21(29)32-12-17-15-8-3-1-6-13(15)14-7-2-4-9-16(14)17/h1-4,6-9,17-18H,5,10-12H2,(H,24,29)(H,27,28)(H3,22,23,25)/t18-/m0/s1. The van der Waals surface area contributed by atoms with Gasteiger partial charge in [0.25, 0.3) is 5.96 Å². The quantitative estimate of drug-likeness (QED) is 0.150. The van der Waals surface area contributed by atoms with Gasteiger partial charge in [-0.3, -0.25) is 0 Å². The summed E-state index contributed by atoms with van der Waals surface area (Å²) in [7, 11) is 0. The molecule has 5 N–H and O–H groups in total. The molecule has 0 aliphatic heterocycles. The molecule has 1 atom stereocenters. The number of amides is 1. The fraction of sp³-hybridized carbons (Fsp3) is 0.286. The molecule has 1 aliphatic rings. The fourth-order valence-corrected chi connectivity index (χ4v) is 3.69. The lowest BCUT2D eigenvalue weighted by Gasteiger charge is -2.17. The third-order valence-corrected chi connectivity index (χ3v) is 5.10. The van der Waals surface area contributed by atoms with Crippen molar-refractivity contribution in [2.24, 2.45) is 10.8 Å². The van der Waals surface area contributed by atoms with Gasteiger partial charge in [-0.25, -0.2) is 19.7 Å². The van der Waals surface area contributed by atoms with Gasteiger partial charge in [-0.15, -0.1) is 0 Å². The molecular weight excluding hydrogens is 418 g/mol. The van der Waals surface area contributed by atoms with Gasteiger partial charge >= 0.3 is 12.1 Å². The number of aliphatic carboxylic acids is 1. The van der Waals surface area contributed by atoms with E-state index in [2.05, 4.69) is 15.7 Å². The molecule has 0 heterocycles. The summed E-state index contributed by atoms with van der Waals surface area (Å²) in [5, 5.41) is 26.3. The van der Waals surface area contributed by atoms with E-state index in [1.807, 2.05) is 48.5 Å². The first kappa shape index (κ1) is 22.5. The van der Waals surface area contributed by atoms with Crippen LogP contribution in [0.1, 0.15) is 29.9 Å². The van der Waals surface area contributed by atoms with Gasteiger partial charge in [-0.05, 0) is 35.1 Å². The Hall–Kier alpha value is -4.15. The fourth-order valence-electron chi connectivity index (χ4n) is 3.69. The number of rotatable bonds is 9. The Bertz CT molecular complexity index is 995. The number of nitrogens with one attached hydrogen (secondary N) is 2. The molecule has 1 aliphatic carbocycles. The summed E-state index contributed by atoms with van der Waals surface area (Å²) in [4.78, 5) is 34.0. The molecule has 32 heavy (non-hydrogen) atoms. The molecule has 0 aromatic heterocycles. The van der Waals surface area contributed by atoms with E-state index >= 15 is 0 Å². The van der Waals surface area contributed by atoms with Gasteiger partial charge in [-0.1, -0.05) is 48.5 Å². The van der Waals surface area contributed by atoms with Crippen LogP contribution in [0.4, 0.5) is 4.79 Å². The van der Waals surface area contributed by atoms with Crippen LogP contribution in [0.5, 0.6) is 0 Å².